The van der Waals surface area contributed by atoms with Gasteiger partial charge < -0.3 is 25.3 Å². The maximum absolute atomic E-state index is 11.6. The molecule has 3 N–H and O–H groups in total. The van der Waals surface area contributed by atoms with Crippen molar-refractivity contribution in [3.05, 3.63) is 0 Å². The summed E-state index contributed by atoms with van der Waals surface area (Å²) in [6.45, 7) is 10.2. The van der Waals surface area contributed by atoms with E-state index in [0.717, 1.165) is 6.42 Å². The molecular formula is C15H32N2O4. The van der Waals surface area contributed by atoms with E-state index in [1.54, 1.807) is 7.11 Å². The fourth-order valence-corrected chi connectivity index (χ4v) is 2.19. The van der Waals surface area contributed by atoms with Gasteiger partial charge in [-0.1, -0.05) is 0 Å². The third kappa shape index (κ3) is 9.79. The Morgan fingerprint density at radius 1 is 1.19 bits per heavy atom. The zero-order valence-electron chi connectivity index (χ0n) is 14.1. The first kappa shape index (κ1) is 20.3. The number of amides is 1. The Bertz CT molecular complexity index is 287. The molecule has 0 aromatic rings. The third-order valence-corrected chi connectivity index (χ3v) is 3.11. The van der Waals surface area contributed by atoms with Gasteiger partial charge in [-0.2, -0.15) is 0 Å². The number of nitrogens with two attached hydrogens (primary N) is 1. The van der Waals surface area contributed by atoms with Crippen LogP contribution in [-0.2, 0) is 19.0 Å². The summed E-state index contributed by atoms with van der Waals surface area (Å²) >= 11 is 0. The Morgan fingerprint density at radius 2 is 1.86 bits per heavy atom. The number of methoxy groups -OCH3 is 1. The number of ether oxygens (including phenoxy) is 3. The van der Waals surface area contributed by atoms with Gasteiger partial charge >= 0.3 is 0 Å². The van der Waals surface area contributed by atoms with Gasteiger partial charge in [-0.15, -0.1) is 0 Å². The lowest BCUT2D eigenvalue weighted by Gasteiger charge is -2.32. The molecule has 21 heavy (non-hydrogen) atoms. The average molecular weight is 304 g/mol. The first-order valence-corrected chi connectivity index (χ1v) is 7.57. The maximum Gasteiger partial charge on any atom is 0.237 e. The van der Waals surface area contributed by atoms with Crippen molar-refractivity contribution >= 4 is 5.91 Å². The van der Waals surface area contributed by atoms with Crippen LogP contribution in [0.5, 0.6) is 0 Å². The maximum atomic E-state index is 11.6. The standard InChI is InChI=1S/C15H32N2O4/c1-12(2)17-15(4,14(16)18)11-13(3)21-8-6-7-20-10-9-19-5/h12-13,17H,6-11H2,1-5H3,(H2,16,18). The Morgan fingerprint density at radius 3 is 2.38 bits per heavy atom. The van der Waals surface area contributed by atoms with Crippen LogP contribution in [0.2, 0.25) is 0 Å². The summed E-state index contributed by atoms with van der Waals surface area (Å²) in [5, 5.41) is 3.22. The van der Waals surface area contributed by atoms with Crippen LogP contribution >= 0.6 is 0 Å². The van der Waals surface area contributed by atoms with Crippen LogP contribution < -0.4 is 11.1 Å². The van der Waals surface area contributed by atoms with Crippen molar-refractivity contribution in [2.24, 2.45) is 5.73 Å². The number of hydrogen-bond donors (Lipinski definition) is 2. The van der Waals surface area contributed by atoms with Crippen LogP contribution in [0.15, 0.2) is 0 Å². The Kier molecular flexibility index (Phi) is 10.6. The van der Waals surface area contributed by atoms with Gasteiger partial charge in [-0.3, -0.25) is 4.79 Å². The molecule has 0 radical (unpaired) electrons. The molecule has 0 fully saturated rings. The summed E-state index contributed by atoms with van der Waals surface area (Å²) in [6, 6.07) is 0.184. The first-order chi connectivity index (χ1) is 9.81. The molecule has 0 saturated heterocycles. The minimum atomic E-state index is -0.747. The van der Waals surface area contributed by atoms with Gasteiger partial charge in [0.25, 0.3) is 0 Å². The topological polar surface area (TPSA) is 82.8 Å². The summed E-state index contributed by atoms with van der Waals surface area (Å²) < 4.78 is 16.0. The van der Waals surface area contributed by atoms with E-state index in [2.05, 4.69) is 5.32 Å². The summed E-state index contributed by atoms with van der Waals surface area (Å²) in [5.41, 5.74) is 4.75. The molecule has 0 saturated carbocycles. The first-order valence-electron chi connectivity index (χ1n) is 7.57. The SMILES string of the molecule is COCCOCCCOC(C)CC(C)(NC(C)C)C(N)=O. The number of nitrogens with one attached hydrogen (secondary N) is 1. The minimum Gasteiger partial charge on any atom is -0.382 e. The van der Waals surface area contributed by atoms with Crippen LogP contribution in [0.4, 0.5) is 0 Å². The Hall–Kier alpha value is -0.690. The van der Waals surface area contributed by atoms with E-state index in [1.165, 1.54) is 0 Å². The van der Waals surface area contributed by atoms with Gasteiger partial charge in [0, 0.05) is 32.8 Å². The quantitative estimate of drug-likeness (QED) is 0.497. The van der Waals surface area contributed by atoms with E-state index in [9.17, 15) is 4.79 Å². The van der Waals surface area contributed by atoms with Crippen molar-refractivity contribution in [1.29, 1.82) is 0 Å². The summed E-state index contributed by atoms with van der Waals surface area (Å²) in [5.74, 6) is -0.352. The summed E-state index contributed by atoms with van der Waals surface area (Å²) in [4.78, 5) is 11.6. The molecular weight excluding hydrogens is 272 g/mol. The molecule has 6 nitrogen and oxygen atoms in total. The van der Waals surface area contributed by atoms with Gasteiger partial charge in [0.05, 0.1) is 24.9 Å². The molecule has 0 bridgehead atoms. The molecule has 2 atom stereocenters. The van der Waals surface area contributed by atoms with E-state index < -0.39 is 5.54 Å². The molecule has 1 amide bonds. The number of rotatable bonds is 13. The van der Waals surface area contributed by atoms with Crippen molar-refractivity contribution < 1.29 is 19.0 Å². The van der Waals surface area contributed by atoms with E-state index in [-0.39, 0.29) is 18.1 Å². The lowest BCUT2D eigenvalue weighted by molar-refractivity contribution is -0.125. The third-order valence-electron chi connectivity index (χ3n) is 3.11. The molecule has 0 aromatic heterocycles. The van der Waals surface area contributed by atoms with Crippen LogP contribution in [0, 0.1) is 0 Å². The molecule has 0 spiro atoms. The fourth-order valence-electron chi connectivity index (χ4n) is 2.19. The summed E-state index contributed by atoms with van der Waals surface area (Å²) in [7, 11) is 1.65. The highest BCUT2D eigenvalue weighted by molar-refractivity contribution is 5.84. The van der Waals surface area contributed by atoms with Gasteiger partial charge in [-0.05, 0) is 34.1 Å². The molecule has 0 aliphatic carbocycles. The van der Waals surface area contributed by atoms with Crippen molar-refractivity contribution in [1.82, 2.24) is 5.32 Å². The second-order valence-corrected chi connectivity index (χ2v) is 5.84. The molecule has 0 aliphatic heterocycles. The second-order valence-electron chi connectivity index (χ2n) is 5.84. The van der Waals surface area contributed by atoms with Gasteiger partial charge in [-0.25, -0.2) is 0 Å². The number of hydrogen-bond acceptors (Lipinski definition) is 5. The van der Waals surface area contributed by atoms with Gasteiger partial charge in [0.2, 0.25) is 5.91 Å². The van der Waals surface area contributed by atoms with Crippen molar-refractivity contribution in [3.63, 3.8) is 0 Å². The van der Waals surface area contributed by atoms with Crippen molar-refractivity contribution in [2.75, 3.05) is 33.5 Å². The largest absolute Gasteiger partial charge is 0.382 e. The molecule has 0 heterocycles. The molecule has 0 aliphatic rings. The predicted molar refractivity (Wildman–Crippen MR) is 83.2 cm³/mol. The number of carbonyl (C=O) groups is 1. The zero-order valence-corrected chi connectivity index (χ0v) is 14.1. The molecule has 0 rings (SSSR count). The second kappa shape index (κ2) is 11.0. The lowest BCUT2D eigenvalue weighted by atomic mass is 9.93. The normalized spacial score (nSPS) is 15.9. The number of primary amides is 1. The van der Waals surface area contributed by atoms with Crippen molar-refractivity contribution in [2.45, 2.75) is 58.2 Å². The zero-order chi connectivity index (χ0) is 16.3. The van der Waals surface area contributed by atoms with E-state index in [1.807, 2.05) is 27.7 Å². The smallest absolute Gasteiger partial charge is 0.237 e. The van der Waals surface area contributed by atoms with E-state index in [0.29, 0.717) is 32.8 Å². The predicted octanol–water partition coefficient (Wildman–Crippen LogP) is 1.08. The van der Waals surface area contributed by atoms with E-state index >= 15 is 0 Å². The Balaban J connectivity index is 3.94. The molecule has 2 unspecified atom stereocenters. The number of carbonyl (C=O) groups excluding carboxylic acids is 1. The fraction of sp³-hybridized carbons (Fsp3) is 0.933. The Labute approximate surface area is 128 Å². The average Bonchev–Trinajstić information content (AvgIpc) is 2.36. The van der Waals surface area contributed by atoms with Gasteiger partial charge in [0.1, 0.15) is 0 Å². The molecule has 126 valence electrons. The van der Waals surface area contributed by atoms with Crippen LogP contribution in [0.3, 0.4) is 0 Å². The highest BCUT2D eigenvalue weighted by atomic mass is 16.5. The summed E-state index contributed by atoms with van der Waals surface area (Å²) in [6.07, 6.45) is 1.32. The monoisotopic (exact) mass is 304 g/mol. The van der Waals surface area contributed by atoms with Crippen LogP contribution in [-0.4, -0.2) is 57.1 Å². The highest BCUT2D eigenvalue weighted by Crippen LogP contribution is 2.15. The minimum absolute atomic E-state index is 0.0484. The molecule has 6 heteroatoms. The molecule has 0 aromatic carbocycles. The van der Waals surface area contributed by atoms with Crippen LogP contribution in [0.1, 0.15) is 40.5 Å². The lowest BCUT2D eigenvalue weighted by Crippen LogP contribution is -2.57. The van der Waals surface area contributed by atoms with Gasteiger partial charge in [0.15, 0.2) is 0 Å². The van der Waals surface area contributed by atoms with Crippen LogP contribution in [0.25, 0.3) is 0 Å². The highest BCUT2D eigenvalue weighted by Gasteiger charge is 2.33. The van der Waals surface area contributed by atoms with E-state index in [4.69, 9.17) is 19.9 Å². The van der Waals surface area contributed by atoms with Crippen molar-refractivity contribution in [3.8, 4) is 0 Å².